The Morgan fingerprint density at radius 3 is 2.57 bits per heavy atom. The first-order chi connectivity index (χ1) is 6.57. The van der Waals surface area contributed by atoms with Crippen molar-refractivity contribution in [1.82, 2.24) is 4.90 Å². The van der Waals surface area contributed by atoms with Crippen molar-refractivity contribution in [2.75, 3.05) is 6.54 Å². The van der Waals surface area contributed by atoms with E-state index in [1.807, 2.05) is 6.92 Å². The monoisotopic (exact) mass is 199 g/mol. The fourth-order valence-corrected chi connectivity index (χ4v) is 1.59. The van der Waals surface area contributed by atoms with Crippen LogP contribution in [0.1, 0.15) is 26.2 Å². The summed E-state index contributed by atoms with van der Waals surface area (Å²) in [5.41, 5.74) is 10.8. The van der Waals surface area contributed by atoms with E-state index in [0.29, 0.717) is 19.4 Å². The van der Waals surface area contributed by atoms with Gasteiger partial charge in [0.2, 0.25) is 11.8 Å². The number of carbonyl (C=O) groups excluding carboxylic acids is 2. The van der Waals surface area contributed by atoms with Crippen molar-refractivity contribution < 1.29 is 9.59 Å². The van der Waals surface area contributed by atoms with Gasteiger partial charge in [-0.2, -0.15) is 0 Å². The van der Waals surface area contributed by atoms with Crippen LogP contribution in [0.15, 0.2) is 0 Å². The highest BCUT2D eigenvalue weighted by Crippen LogP contribution is 2.18. The first-order valence-corrected chi connectivity index (χ1v) is 4.93. The van der Waals surface area contributed by atoms with E-state index >= 15 is 0 Å². The molecule has 0 radical (unpaired) electrons. The van der Waals surface area contributed by atoms with Crippen molar-refractivity contribution in [2.45, 2.75) is 38.3 Å². The maximum atomic E-state index is 11.6. The van der Waals surface area contributed by atoms with Crippen LogP contribution in [0.4, 0.5) is 0 Å². The third-order valence-electron chi connectivity index (χ3n) is 2.55. The predicted molar refractivity (Wildman–Crippen MR) is 52.2 cm³/mol. The second-order valence-electron chi connectivity index (χ2n) is 3.63. The van der Waals surface area contributed by atoms with Crippen molar-refractivity contribution in [1.29, 1.82) is 0 Å². The molecule has 5 heteroatoms. The summed E-state index contributed by atoms with van der Waals surface area (Å²) in [4.78, 5) is 24.0. The summed E-state index contributed by atoms with van der Waals surface area (Å²) in [6.45, 7) is 2.57. The van der Waals surface area contributed by atoms with Gasteiger partial charge in [0.05, 0.1) is 6.04 Å². The highest BCUT2D eigenvalue weighted by molar-refractivity contribution is 5.90. The highest BCUT2D eigenvalue weighted by Gasteiger charge is 2.37. The van der Waals surface area contributed by atoms with Gasteiger partial charge in [-0.1, -0.05) is 13.3 Å². The predicted octanol–water partition coefficient (Wildman–Crippen LogP) is -0.800. The molecule has 1 rings (SSSR count). The average Bonchev–Trinajstić information content (AvgIpc) is 2.01. The molecular weight excluding hydrogens is 182 g/mol. The summed E-state index contributed by atoms with van der Waals surface area (Å²) >= 11 is 0. The number of nitrogens with zero attached hydrogens (tertiary/aromatic N) is 1. The van der Waals surface area contributed by atoms with Crippen LogP contribution in [0, 0.1) is 0 Å². The minimum absolute atomic E-state index is 0.151. The number of carbonyl (C=O) groups is 2. The van der Waals surface area contributed by atoms with E-state index in [4.69, 9.17) is 11.5 Å². The minimum Gasteiger partial charge on any atom is -0.368 e. The Bertz CT molecular complexity index is 242. The van der Waals surface area contributed by atoms with E-state index in [9.17, 15) is 9.59 Å². The Balaban J connectivity index is 2.49. The lowest BCUT2D eigenvalue weighted by atomic mass is 10.00. The Morgan fingerprint density at radius 2 is 2.21 bits per heavy atom. The molecule has 0 aromatic carbocycles. The SMILES string of the molecule is CCC[C@@H](N)C(=O)N1CCC1C(N)=O. The molecule has 0 aromatic rings. The van der Waals surface area contributed by atoms with Gasteiger partial charge in [-0.05, 0) is 12.8 Å². The number of hydrogen-bond donors (Lipinski definition) is 2. The number of hydrogen-bond acceptors (Lipinski definition) is 3. The summed E-state index contributed by atoms with van der Waals surface area (Å²) < 4.78 is 0. The molecule has 0 spiro atoms. The van der Waals surface area contributed by atoms with Crippen LogP contribution in [0.5, 0.6) is 0 Å². The second kappa shape index (κ2) is 4.41. The summed E-state index contributed by atoms with van der Waals surface area (Å²) in [7, 11) is 0. The average molecular weight is 199 g/mol. The number of primary amides is 1. The largest absolute Gasteiger partial charge is 0.368 e. The lowest BCUT2D eigenvalue weighted by Crippen LogP contribution is -2.60. The van der Waals surface area contributed by atoms with Crippen LogP contribution in [-0.4, -0.2) is 35.3 Å². The van der Waals surface area contributed by atoms with E-state index in [0.717, 1.165) is 6.42 Å². The number of amides is 2. The molecule has 1 aliphatic rings. The molecule has 0 aliphatic carbocycles. The zero-order chi connectivity index (χ0) is 10.7. The lowest BCUT2D eigenvalue weighted by molar-refractivity contribution is -0.147. The summed E-state index contributed by atoms with van der Waals surface area (Å²) in [6.07, 6.45) is 2.18. The fraction of sp³-hybridized carbons (Fsp3) is 0.778. The molecule has 0 saturated carbocycles. The first-order valence-electron chi connectivity index (χ1n) is 4.93. The van der Waals surface area contributed by atoms with Gasteiger partial charge in [0.15, 0.2) is 0 Å². The van der Waals surface area contributed by atoms with Crippen LogP contribution in [0.2, 0.25) is 0 Å². The molecule has 2 atom stereocenters. The molecule has 1 heterocycles. The molecule has 80 valence electrons. The molecule has 1 aliphatic heterocycles. The Morgan fingerprint density at radius 1 is 1.57 bits per heavy atom. The molecule has 2 amide bonds. The van der Waals surface area contributed by atoms with E-state index in [2.05, 4.69) is 0 Å². The standard InChI is InChI=1S/C9H17N3O2/c1-2-3-6(10)9(14)12-5-4-7(12)8(11)13/h6-7H,2-5,10H2,1H3,(H2,11,13)/t6-,7?/m1/s1. The van der Waals surface area contributed by atoms with Crippen molar-refractivity contribution in [3.8, 4) is 0 Å². The van der Waals surface area contributed by atoms with Gasteiger partial charge in [0, 0.05) is 6.54 Å². The topological polar surface area (TPSA) is 89.4 Å². The number of nitrogens with two attached hydrogens (primary N) is 2. The van der Waals surface area contributed by atoms with Crippen molar-refractivity contribution in [2.24, 2.45) is 11.5 Å². The van der Waals surface area contributed by atoms with Crippen LogP contribution in [0.25, 0.3) is 0 Å². The highest BCUT2D eigenvalue weighted by atomic mass is 16.2. The van der Waals surface area contributed by atoms with Crippen molar-refractivity contribution >= 4 is 11.8 Å². The van der Waals surface area contributed by atoms with E-state index in [1.54, 1.807) is 0 Å². The van der Waals surface area contributed by atoms with Crippen LogP contribution in [-0.2, 0) is 9.59 Å². The molecule has 0 aromatic heterocycles. The summed E-state index contributed by atoms with van der Waals surface area (Å²) in [5.74, 6) is -0.588. The third kappa shape index (κ3) is 2.04. The van der Waals surface area contributed by atoms with Gasteiger partial charge in [-0.3, -0.25) is 9.59 Å². The van der Waals surface area contributed by atoms with Gasteiger partial charge < -0.3 is 16.4 Å². The molecular formula is C9H17N3O2. The van der Waals surface area contributed by atoms with Gasteiger partial charge in [-0.25, -0.2) is 0 Å². The van der Waals surface area contributed by atoms with Gasteiger partial charge in [0.1, 0.15) is 6.04 Å². The number of rotatable bonds is 4. The zero-order valence-electron chi connectivity index (χ0n) is 8.40. The van der Waals surface area contributed by atoms with Crippen LogP contribution < -0.4 is 11.5 Å². The van der Waals surface area contributed by atoms with Gasteiger partial charge >= 0.3 is 0 Å². The maximum absolute atomic E-state index is 11.6. The maximum Gasteiger partial charge on any atom is 0.240 e. The van der Waals surface area contributed by atoms with Gasteiger partial charge in [0.25, 0.3) is 0 Å². The third-order valence-corrected chi connectivity index (χ3v) is 2.55. The van der Waals surface area contributed by atoms with Crippen molar-refractivity contribution in [3.63, 3.8) is 0 Å². The lowest BCUT2D eigenvalue weighted by Gasteiger charge is -2.40. The molecule has 1 fully saturated rings. The second-order valence-corrected chi connectivity index (χ2v) is 3.63. The smallest absolute Gasteiger partial charge is 0.240 e. The molecule has 0 bridgehead atoms. The first kappa shape index (κ1) is 11.0. The molecule has 4 N–H and O–H groups in total. The number of likely N-dealkylation sites (tertiary alicyclic amines) is 1. The van der Waals surface area contributed by atoms with E-state index in [1.165, 1.54) is 4.90 Å². The Labute approximate surface area is 83.4 Å². The summed E-state index contributed by atoms with van der Waals surface area (Å²) in [5, 5.41) is 0. The minimum atomic E-state index is -0.484. The Hall–Kier alpha value is -1.10. The molecule has 1 unspecified atom stereocenters. The normalized spacial score (nSPS) is 22.7. The molecule has 5 nitrogen and oxygen atoms in total. The van der Waals surface area contributed by atoms with Crippen molar-refractivity contribution in [3.05, 3.63) is 0 Å². The Kier molecular flexibility index (Phi) is 3.46. The zero-order valence-corrected chi connectivity index (χ0v) is 8.40. The van der Waals surface area contributed by atoms with Gasteiger partial charge in [-0.15, -0.1) is 0 Å². The van der Waals surface area contributed by atoms with Crippen LogP contribution >= 0.6 is 0 Å². The summed E-state index contributed by atoms with van der Waals surface area (Å²) in [6, 6.07) is -0.910. The van der Waals surface area contributed by atoms with E-state index < -0.39 is 18.0 Å². The van der Waals surface area contributed by atoms with E-state index in [-0.39, 0.29) is 5.91 Å². The molecule has 1 saturated heterocycles. The fourth-order valence-electron chi connectivity index (χ4n) is 1.59. The molecule has 14 heavy (non-hydrogen) atoms. The quantitative estimate of drug-likeness (QED) is 0.621. The van der Waals surface area contributed by atoms with Crippen LogP contribution in [0.3, 0.4) is 0 Å².